The first kappa shape index (κ1) is 28.9. The third kappa shape index (κ3) is 7.29. The number of urea groups is 1. The van der Waals surface area contributed by atoms with Crippen LogP contribution in [0.15, 0.2) is 71.7 Å². The Balaban J connectivity index is 1.41. The van der Waals surface area contributed by atoms with Crippen molar-refractivity contribution in [3.63, 3.8) is 0 Å². The molecule has 11 heteroatoms. The summed E-state index contributed by atoms with van der Waals surface area (Å²) in [6.45, 7) is 6.00. The molecule has 40 heavy (non-hydrogen) atoms. The Bertz CT molecular complexity index is 1450. The van der Waals surface area contributed by atoms with E-state index in [2.05, 4.69) is 15.0 Å². The van der Waals surface area contributed by atoms with Gasteiger partial charge in [0.2, 0.25) is 5.91 Å². The van der Waals surface area contributed by atoms with Crippen molar-refractivity contribution < 1.29 is 32.3 Å². The van der Waals surface area contributed by atoms with Crippen LogP contribution < -0.4 is 15.0 Å². The topological polar surface area (TPSA) is 88.1 Å². The molecule has 7 nitrogen and oxygen atoms in total. The lowest BCUT2D eigenvalue weighted by atomic mass is 9.99. The minimum absolute atomic E-state index is 0.0123. The van der Waals surface area contributed by atoms with Gasteiger partial charge in [-0.05, 0) is 72.0 Å². The Labute approximate surface area is 233 Å². The number of hydrogen-bond donors (Lipinski definition) is 1. The van der Waals surface area contributed by atoms with Gasteiger partial charge in [0.15, 0.2) is 11.0 Å². The number of aliphatic imine (C=N–C) groups is 1. The van der Waals surface area contributed by atoms with Gasteiger partial charge in [-0.3, -0.25) is 14.5 Å². The second-order valence-corrected chi connectivity index (χ2v) is 10.4. The van der Waals surface area contributed by atoms with Gasteiger partial charge in [0.05, 0.1) is 11.4 Å². The second-order valence-electron chi connectivity index (χ2n) is 9.43. The minimum Gasteiger partial charge on any atom is -0.406 e. The number of amidine groups is 1. The molecule has 3 amide bonds. The number of ether oxygens (including phenoxy) is 1. The number of hydrogen-bond acceptors (Lipinski definition) is 5. The average Bonchev–Trinajstić information content (AvgIpc) is 3.23. The van der Waals surface area contributed by atoms with Gasteiger partial charge in [0.1, 0.15) is 5.75 Å². The van der Waals surface area contributed by atoms with Crippen LogP contribution in [-0.4, -0.2) is 35.0 Å². The third-order valence-electron chi connectivity index (χ3n) is 5.99. The summed E-state index contributed by atoms with van der Waals surface area (Å²) in [6.07, 6.45) is -4.79. The number of aryl methyl sites for hydroxylation is 1. The van der Waals surface area contributed by atoms with E-state index < -0.39 is 18.1 Å². The van der Waals surface area contributed by atoms with Crippen LogP contribution in [0.25, 0.3) is 0 Å². The van der Waals surface area contributed by atoms with Crippen molar-refractivity contribution in [3.05, 3.63) is 89.0 Å². The summed E-state index contributed by atoms with van der Waals surface area (Å²) in [6, 6.07) is 16.5. The fraction of sp³-hybridized carbons (Fsp3) is 0.241. The number of benzene rings is 3. The highest BCUT2D eigenvalue weighted by atomic mass is 32.2. The van der Waals surface area contributed by atoms with E-state index in [0.717, 1.165) is 23.3 Å². The fourth-order valence-electron chi connectivity index (χ4n) is 4.09. The van der Waals surface area contributed by atoms with E-state index in [1.54, 1.807) is 24.3 Å². The number of carbonyl (C=O) groups excluding carboxylic acids is 3. The lowest BCUT2D eigenvalue weighted by Crippen LogP contribution is -2.31. The molecule has 0 bridgehead atoms. The smallest absolute Gasteiger partial charge is 0.406 e. The zero-order valence-electron chi connectivity index (χ0n) is 21.9. The van der Waals surface area contributed by atoms with Crippen molar-refractivity contribution in [2.24, 2.45) is 4.99 Å². The highest BCUT2D eigenvalue weighted by Gasteiger charge is 2.33. The number of rotatable bonds is 7. The summed E-state index contributed by atoms with van der Waals surface area (Å²) >= 11 is 1.19. The maximum atomic E-state index is 12.7. The van der Waals surface area contributed by atoms with Gasteiger partial charge in [-0.15, -0.1) is 13.2 Å². The van der Waals surface area contributed by atoms with E-state index in [-0.39, 0.29) is 35.3 Å². The van der Waals surface area contributed by atoms with Crippen LogP contribution in [0.5, 0.6) is 5.75 Å². The molecular formula is C29H26F3N3O4S. The summed E-state index contributed by atoms with van der Waals surface area (Å²) in [5.74, 6) is -0.506. The average molecular weight is 570 g/mol. The number of anilines is 2. The molecule has 208 valence electrons. The first-order valence-corrected chi connectivity index (χ1v) is 13.3. The number of nitrogens with one attached hydrogen (secondary N) is 1. The predicted molar refractivity (Wildman–Crippen MR) is 149 cm³/mol. The van der Waals surface area contributed by atoms with Crippen molar-refractivity contribution in [3.8, 4) is 5.75 Å². The largest absolute Gasteiger partial charge is 0.573 e. The van der Waals surface area contributed by atoms with Crippen molar-refractivity contribution >= 4 is 46.0 Å². The van der Waals surface area contributed by atoms with Crippen LogP contribution in [0, 0.1) is 6.92 Å². The fourth-order valence-corrected chi connectivity index (χ4v) is 4.95. The Morgan fingerprint density at radius 2 is 1.73 bits per heavy atom. The van der Waals surface area contributed by atoms with Crippen molar-refractivity contribution in [2.45, 2.75) is 39.5 Å². The molecule has 3 aromatic rings. The van der Waals surface area contributed by atoms with Crippen molar-refractivity contribution in [1.82, 2.24) is 0 Å². The molecule has 0 aliphatic carbocycles. The van der Waals surface area contributed by atoms with E-state index in [0.29, 0.717) is 22.1 Å². The maximum absolute atomic E-state index is 12.7. The monoisotopic (exact) mass is 569 g/mol. The van der Waals surface area contributed by atoms with E-state index >= 15 is 0 Å². The number of ketones is 1. The van der Waals surface area contributed by atoms with E-state index in [4.69, 9.17) is 0 Å². The lowest BCUT2D eigenvalue weighted by Gasteiger charge is -2.22. The molecule has 1 fully saturated rings. The number of Topliss-reactive ketones (excluding diaryl/α,β-unsaturated/α-hetero) is 1. The molecule has 3 aromatic carbocycles. The maximum Gasteiger partial charge on any atom is 0.573 e. The number of nitrogens with zero attached hydrogens (tertiary/aromatic N) is 2. The van der Waals surface area contributed by atoms with Crippen LogP contribution in [0.2, 0.25) is 0 Å². The molecule has 0 unspecified atom stereocenters. The van der Waals surface area contributed by atoms with E-state index in [9.17, 15) is 27.6 Å². The number of thioether (sulfide) groups is 1. The molecule has 1 saturated heterocycles. The molecule has 1 aliphatic rings. The molecule has 1 heterocycles. The second kappa shape index (κ2) is 12.0. The standard InChI is InChI=1S/C29H26F3N3O4S/c1-17(2)23-13-4-18(3)14-24(23)35-26(37)16-40-28(35)34-27(38)33-21-9-5-19(6-10-21)15-25(36)20-7-11-22(12-8-20)39-29(30,31)32/h4-14,17H,15-16H2,1-3H3,(H,33,38). The summed E-state index contributed by atoms with van der Waals surface area (Å²) < 4.78 is 40.8. The highest BCUT2D eigenvalue weighted by Crippen LogP contribution is 2.34. The summed E-state index contributed by atoms with van der Waals surface area (Å²) in [5, 5.41) is 2.97. The highest BCUT2D eigenvalue weighted by molar-refractivity contribution is 8.15. The van der Waals surface area contributed by atoms with Crippen LogP contribution >= 0.6 is 11.8 Å². The number of carbonyl (C=O) groups is 3. The van der Waals surface area contributed by atoms with Crippen LogP contribution in [0.1, 0.15) is 46.8 Å². The molecule has 1 aliphatic heterocycles. The van der Waals surface area contributed by atoms with E-state index in [1.165, 1.54) is 28.8 Å². The van der Waals surface area contributed by atoms with Gasteiger partial charge in [0.25, 0.3) is 0 Å². The van der Waals surface area contributed by atoms with Gasteiger partial charge in [-0.1, -0.05) is 49.9 Å². The van der Waals surface area contributed by atoms with Crippen LogP contribution in [0.3, 0.4) is 0 Å². The quantitative estimate of drug-likeness (QED) is 0.307. The summed E-state index contributed by atoms with van der Waals surface area (Å²) in [7, 11) is 0. The molecule has 1 N–H and O–H groups in total. The minimum atomic E-state index is -4.81. The lowest BCUT2D eigenvalue weighted by molar-refractivity contribution is -0.274. The van der Waals surface area contributed by atoms with Crippen LogP contribution in [-0.2, 0) is 11.2 Å². The molecule has 0 spiro atoms. The Morgan fingerprint density at radius 1 is 1.05 bits per heavy atom. The molecule has 0 aromatic heterocycles. The number of halogens is 3. The van der Waals surface area contributed by atoms with Crippen LogP contribution in [0.4, 0.5) is 29.3 Å². The van der Waals surface area contributed by atoms with Crippen molar-refractivity contribution in [1.29, 1.82) is 0 Å². The number of alkyl halides is 3. The normalized spacial score (nSPS) is 14.6. The third-order valence-corrected chi connectivity index (χ3v) is 6.91. The Kier molecular flexibility index (Phi) is 8.63. The van der Waals surface area contributed by atoms with Crippen molar-refractivity contribution in [2.75, 3.05) is 16.0 Å². The van der Waals surface area contributed by atoms with E-state index in [1.807, 2.05) is 39.0 Å². The zero-order valence-corrected chi connectivity index (χ0v) is 22.7. The van der Waals surface area contributed by atoms with Gasteiger partial charge >= 0.3 is 12.4 Å². The molecule has 0 saturated carbocycles. The van der Waals surface area contributed by atoms with Gasteiger partial charge in [0, 0.05) is 17.7 Å². The van der Waals surface area contributed by atoms with Gasteiger partial charge in [-0.25, -0.2) is 4.79 Å². The number of amides is 3. The molecule has 4 rings (SSSR count). The molecular weight excluding hydrogens is 543 g/mol. The first-order chi connectivity index (χ1) is 18.9. The predicted octanol–water partition coefficient (Wildman–Crippen LogP) is 7.11. The SMILES string of the molecule is Cc1ccc(C(C)C)c(N2C(=O)CSC2=NC(=O)Nc2ccc(CC(=O)c3ccc(OC(F)(F)F)cc3)cc2)c1. The summed E-state index contributed by atoms with van der Waals surface area (Å²) in [4.78, 5) is 43.6. The molecule has 0 atom stereocenters. The molecule has 0 radical (unpaired) electrons. The first-order valence-electron chi connectivity index (χ1n) is 12.3. The van der Waals surface area contributed by atoms with Gasteiger partial charge in [-0.2, -0.15) is 4.99 Å². The van der Waals surface area contributed by atoms with Gasteiger partial charge < -0.3 is 10.1 Å². The Morgan fingerprint density at radius 3 is 2.35 bits per heavy atom. The Hall–Kier alpha value is -4.12. The zero-order chi connectivity index (χ0) is 29.0. The summed E-state index contributed by atoms with van der Waals surface area (Å²) in [5.41, 5.74) is 4.01.